The fraction of sp³-hybridized carbons (Fsp3) is 0.200. The lowest BCUT2D eigenvalue weighted by atomic mass is 10.3. The molecule has 2 aromatic rings. The topological polar surface area (TPSA) is 0 Å². The van der Waals surface area contributed by atoms with Gasteiger partial charge in [0.05, 0.1) is 0 Å². The lowest BCUT2D eigenvalue weighted by Gasteiger charge is -2.02. The maximum absolute atomic E-state index is 2.33. The van der Waals surface area contributed by atoms with Crippen LogP contribution in [0.15, 0.2) is 34.5 Å². The Balaban J connectivity index is 2.62. The highest BCUT2D eigenvalue weighted by molar-refractivity contribution is 8.17. The zero-order valence-corrected chi connectivity index (χ0v) is 8.95. The van der Waals surface area contributed by atoms with Gasteiger partial charge in [0.1, 0.15) is 0 Å². The van der Waals surface area contributed by atoms with Gasteiger partial charge in [-0.2, -0.15) is 0 Å². The van der Waals surface area contributed by atoms with E-state index in [4.69, 9.17) is 0 Å². The minimum Gasteiger partial charge on any atom is -0.224 e. The van der Waals surface area contributed by atoms with Crippen molar-refractivity contribution in [1.29, 1.82) is 0 Å². The molecule has 0 bridgehead atoms. The van der Waals surface area contributed by atoms with Crippen LogP contribution in [0.4, 0.5) is 0 Å². The third-order valence-electron chi connectivity index (χ3n) is 1.85. The van der Waals surface area contributed by atoms with Crippen molar-refractivity contribution >= 4 is 32.3 Å². The smallest absolute Gasteiger partial charge is 0.0411 e. The van der Waals surface area contributed by atoms with Gasteiger partial charge in [0, 0.05) is 8.91 Å². The third-order valence-corrected chi connectivity index (χ3v) is 5.15. The molecular formula is C10H12S2. The standard InChI is InChI=1S/C10H12S2/c1-12(2)10-7-8-5-3-4-6-9(8)11-10/h3-7,12H,1-2H3. The van der Waals surface area contributed by atoms with Crippen LogP contribution in [0, 0.1) is 0 Å². The molecule has 0 N–H and O–H groups in total. The number of benzene rings is 1. The summed E-state index contributed by atoms with van der Waals surface area (Å²) in [5.41, 5.74) is 0. The van der Waals surface area contributed by atoms with Crippen LogP contribution < -0.4 is 0 Å². The van der Waals surface area contributed by atoms with Gasteiger partial charge < -0.3 is 0 Å². The van der Waals surface area contributed by atoms with E-state index in [1.807, 2.05) is 11.3 Å². The first-order valence-electron chi connectivity index (χ1n) is 3.93. The van der Waals surface area contributed by atoms with Crippen molar-refractivity contribution < 1.29 is 0 Å². The Morgan fingerprint density at radius 2 is 1.92 bits per heavy atom. The Morgan fingerprint density at radius 3 is 2.58 bits per heavy atom. The summed E-state index contributed by atoms with van der Waals surface area (Å²) in [6, 6.07) is 10.9. The molecule has 0 spiro atoms. The molecule has 0 aliphatic rings. The highest BCUT2D eigenvalue weighted by Gasteiger charge is 2.01. The molecule has 12 heavy (non-hydrogen) atoms. The SMILES string of the molecule is C[SH](C)c1cc2ccccc2s1. The largest absolute Gasteiger partial charge is 0.224 e. The lowest BCUT2D eigenvalue weighted by Crippen LogP contribution is -1.66. The molecular weight excluding hydrogens is 184 g/mol. The second kappa shape index (κ2) is 3.11. The van der Waals surface area contributed by atoms with Crippen molar-refractivity contribution in [2.45, 2.75) is 4.21 Å². The van der Waals surface area contributed by atoms with Crippen LogP contribution in [0.25, 0.3) is 10.1 Å². The van der Waals surface area contributed by atoms with E-state index in [9.17, 15) is 0 Å². The first-order chi connectivity index (χ1) is 5.77. The number of rotatable bonds is 1. The van der Waals surface area contributed by atoms with Crippen molar-refractivity contribution in [3.05, 3.63) is 30.3 Å². The number of hydrogen-bond acceptors (Lipinski definition) is 1. The Hall–Kier alpha value is -0.470. The molecule has 1 aromatic carbocycles. The summed E-state index contributed by atoms with van der Waals surface area (Å²) in [6.07, 6.45) is 4.61. The fourth-order valence-corrected chi connectivity index (χ4v) is 3.41. The molecule has 1 aromatic heterocycles. The second-order valence-corrected chi connectivity index (χ2v) is 6.67. The quantitative estimate of drug-likeness (QED) is 0.663. The predicted molar refractivity (Wildman–Crippen MR) is 60.9 cm³/mol. The minimum absolute atomic E-state index is 0.0761. The Morgan fingerprint density at radius 1 is 1.17 bits per heavy atom. The van der Waals surface area contributed by atoms with Gasteiger partial charge in [0.15, 0.2) is 0 Å². The highest BCUT2D eigenvalue weighted by atomic mass is 32.2. The van der Waals surface area contributed by atoms with Gasteiger partial charge in [-0.25, -0.2) is 10.9 Å². The summed E-state index contributed by atoms with van der Waals surface area (Å²) in [6.45, 7) is 0. The Bertz CT molecular complexity index is 354. The monoisotopic (exact) mass is 196 g/mol. The molecule has 0 saturated carbocycles. The van der Waals surface area contributed by atoms with E-state index in [0.29, 0.717) is 0 Å². The van der Waals surface area contributed by atoms with Gasteiger partial charge in [0.2, 0.25) is 0 Å². The maximum Gasteiger partial charge on any atom is 0.0411 e. The zero-order valence-electron chi connectivity index (χ0n) is 7.24. The average molecular weight is 196 g/mol. The van der Waals surface area contributed by atoms with Crippen LogP contribution in [0.3, 0.4) is 0 Å². The molecule has 0 unspecified atom stereocenters. The summed E-state index contributed by atoms with van der Waals surface area (Å²) in [7, 11) is 0.0761. The normalized spacial score (nSPS) is 12.0. The molecule has 2 rings (SSSR count). The van der Waals surface area contributed by atoms with E-state index in [2.05, 4.69) is 42.8 Å². The molecule has 0 fully saturated rings. The number of thiophene rings is 1. The average Bonchev–Trinajstić information content (AvgIpc) is 2.46. The van der Waals surface area contributed by atoms with Crippen molar-refractivity contribution in [1.82, 2.24) is 0 Å². The van der Waals surface area contributed by atoms with Crippen LogP contribution in [-0.2, 0) is 0 Å². The molecule has 0 aliphatic carbocycles. The van der Waals surface area contributed by atoms with Gasteiger partial charge in [-0.1, -0.05) is 18.2 Å². The van der Waals surface area contributed by atoms with E-state index in [0.717, 1.165) is 0 Å². The Labute approximate surface area is 79.6 Å². The minimum atomic E-state index is 0.0761. The van der Waals surface area contributed by atoms with Gasteiger partial charge >= 0.3 is 0 Å². The van der Waals surface area contributed by atoms with Gasteiger partial charge in [-0.15, -0.1) is 11.3 Å². The molecule has 0 aliphatic heterocycles. The molecule has 0 radical (unpaired) electrons. The van der Waals surface area contributed by atoms with Crippen molar-refractivity contribution in [2.24, 2.45) is 0 Å². The third kappa shape index (κ3) is 1.37. The molecule has 64 valence electrons. The first-order valence-corrected chi connectivity index (χ1v) is 6.98. The molecule has 1 heterocycles. The van der Waals surface area contributed by atoms with Crippen molar-refractivity contribution in [2.75, 3.05) is 12.5 Å². The number of hydrogen-bond donors (Lipinski definition) is 1. The highest BCUT2D eigenvalue weighted by Crippen LogP contribution is 2.38. The molecule has 0 atom stereocenters. The molecule has 0 nitrogen and oxygen atoms in total. The van der Waals surface area contributed by atoms with Crippen molar-refractivity contribution in [3.8, 4) is 0 Å². The van der Waals surface area contributed by atoms with E-state index in [1.165, 1.54) is 10.1 Å². The van der Waals surface area contributed by atoms with Gasteiger partial charge in [-0.3, -0.25) is 0 Å². The summed E-state index contributed by atoms with van der Waals surface area (Å²) in [5, 5.41) is 1.40. The van der Waals surface area contributed by atoms with E-state index < -0.39 is 0 Å². The fourth-order valence-electron chi connectivity index (χ4n) is 1.19. The van der Waals surface area contributed by atoms with E-state index in [-0.39, 0.29) is 10.9 Å². The Kier molecular flexibility index (Phi) is 2.11. The van der Waals surface area contributed by atoms with Gasteiger partial charge in [0.25, 0.3) is 0 Å². The van der Waals surface area contributed by atoms with Crippen LogP contribution >= 0.6 is 22.2 Å². The first kappa shape index (κ1) is 8.14. The van der Waals surface area contributed by atoms with E-state index >= 15 is 0 Å². The second-order valence-electron chi connectivity index (χ2n) is 3.02. The molecule has 0 amide bonds. The number of fused-ring (bicyclic) bond motifs is 1. The summed E-state index contributed by atoms with van der Waals surface area (Å²) >= 11 is 1.93. The van der Waals surface area contributed by atoms with Crippen molar-refractivity contribution in [3.63, 3.8) is 0 Å². The van der Waals surface area contributed by atoms with Crippen LogP contribution in [0.5, 0.6) is 0 Å². The zero-order chi connectivity index (χ0) is 8.55. The summed E-state index contributed by atoms with van der Waals surface area (Å²) in [5.74, 6) is 0. The summed E-state index contributed by atoms with van der Waals surface area (Å²) in [4.78, 5) is 0. The van der Waals surface area contributed by atoms with Crippen LogP contribution in [-0.4, -0.2) is 12.5 Å². The molecule has 0 saturated heterocycles. The maximum atomic E-state index is 2.33. The van der Waals surface area contributed by atoms with Crippen LogP contribution in [0.1, 0.15) is 0 Å². The lowest BCUT2D eigenvalue weighted by molar-refractivity contribution is 1.74. The predicted octanol–water partition coefficient (Wildman–Crippen LogP) is 3.52. The van der Waals surface area contributed by atoms with E-state index in [1.54, 1.807) is 4.21 Å². The molecule has 2 heteroatoms. The number of thiol groups is 1. The van der Waals surface area contributed by atoms with Gasteiger partial charge in [-0.05, 0) is 30.0 Å². The summed E-state index contributed by atoms with van der Waals surface area (Å²) < 4.78 is 2.97. The van der Waals surface area contributed by atoms with Crippen LogP contribution in [0.2, 0.25) is 0 Å².